The highest BCUT2D eigenvalue weighted by Gasteiger charge is 2.23. The van der Waals surface area contributed by atoms with E-state index in [1.807, 2.05) is 0 Å². The van der Waals surface area contributed by atoms with E-state index >= 15 is 0 Å². The number of likely N-dealkylation sites (N-methyl/N-ethyl adjacent to an activating group) is 2. The van der Waals surface area contributed by atoms with Crippen molar-refractivity contribution >= 4 is 17.6 Å². The summed E-state index contributed by atoms with van der Waals surface area (Å²) in [5.41, 5.74) is 0.568. The largest absolute Gasteiger partial charge is 0.356 e. The number of carbonyl (C=O) groups excluding carboxylic acids is 2. The van der Waals surface area contributed by atoms with Crippen molar-refractivity contribution in [2.75, 3.05) is 45.7 Å². The molecular weight excluding hydrogens is 280 g/mol. The molecule has 1 aliphatic heterocycles. The van der Waals surface area contributed by atoms with Gasteiger partial charge in [0.15, 0.2) is 0 Å². The molecule has 0 spiro atoms. The Hall–Kier alpha value is -2.11. The summed E-state index contributed by atoms with van der Waals surface area (Å²) in [4.78, 5) is 33.9. The van der Waals surface area contributed by atoms with Crippen LogP contribution in [0.1, 0.15) is 29.6 Å². The second-order valence-corrected chi connectivity index (χ2v) is 5.87. The minimum Gasteiger partial charge on any atom is -0.356 e. The summed E-state index contributed by atoms with van der Waals surface area (Å²) in [6.45, 7) is 1.93. The first kappa shape index (κ1) is 16.3. The van der Waals surface area contributed by atoms with Crippen LogP contribution in [-0.4, -0.2) is 67.4 Å². The lowest BCUT2D eigenvalue weighted by Gasteiger charge is -2.30. The molecule has 1 aliphatic rings. The standard InChI is InChI=1S/C16H24N4O2/c1-18(2)14(21)12-19(3)16(22)13-8-7-9-17-15(13)20-10-5-4-6-11-20/h7-9H,4-6,10-12H2,1-3H3. The van der Waals surface area contributed by atoms with Crippen molar-refractivity contribution in [1.29, 1.82) is 0 Å². The Kier molecular flexibility index (Phi) is 5.35. The Labute approximate surface area is 131 Å². The number of aromatic nitrogens is 1. The number of hydrogen-bond donors (Lipinski definition) is 0. The Bertz CT molecular complexity index is 539. The number of nitrogens with zero attached hydrogens (tertiary/aromatic N) is 4. The summed E-state index contributed by atoms with van der Waals surface area (Å²) in [6.07, 6.45) is 5.19. The molecule has 0 radical (unpaired) electrons. The number of hydrogen-bond acceptors (Lipinski definition) is 4. The molecule has 0 unspecified atom stereocenters. The predicted molar refractivity (Wildman–Crippen MR) is 86.0 cm³/mol. The fraction of sp³-hybridized carbons (Fsp3) is 0.562. The van der Waals surface area contributed by atoms with Crippen molar-refractivity contribution in [3.05, 3.63) is 23.9 Å². The molecule has 2 amide bonds. The van der Waals surface area contributed by atoms with Crippen LogP contribution >= 0.6 is 0 Å². The molecule has 0 bridgehead atoms. The first-order chi connectivity index (χ1) is 10.5. The van der Waals surface area contributed by atoms with Crippen LogP contribution in [0.2, 0.25) is 0 Å². The SMILES string of the molecule is CN(C)C(=O)CN(C)C(=O)c1cccnc1N1CCCCC1. The van der Waals surface area contributed by atoms with Gasteiger partial charge in [-0.15, -0.1) is 0 Å². The average Bonchev–Trinajstić information content (AvgIpc) is 2.54. The van der Waals surface area contributed by atoms with Crippen LogP contribution in [0.15, 0.2) is 18.3 Å². The quantitative estimate of drug-likeness (QED) is 0.839. The van der Waals surface area contributed by atoms with E-state index in [4.69, 9.17) is 0 Å². The maximum absolute atomic E-state index is 12.7. The lowest BCUT2D eigenvalue weighted by Crippen LogP contribution is -2.39. The van der Waals surface area contributed by atoms with Gasteiger partial charge >= 0.3 is 0 Å². The fourth-order valence-corrected chi connectivity index (χ4v) is 2.54. The molecule has 0 N–H and O–H groups in total. The van der Waals surface area contributed by atoms with Crippen LogP contribution in [0, 0.1) is 0 Å². The highest BCUT2D eigenvalue weighted by molar-refractivity contribution is 6.00. The third-order valence-electron chi connectivity index (χ3n) is 3.89. The normalized spacial score (nSPS) is 14.6. The van der Waals surface area contributed by atoms with Gasteiger partial charge < -0.3 is 14.7 Å². The fourth-order valence-electron chi connectivity index (χ4n) is 2.54. The summed E-state index contributed by atoms with van der Waals surface area (Å²) in [5.74, 6) is 0.472. The van der Waals surface area contributed by atoms with Gasteiger partial charge in [0.2, 0.25) is 5.91 Å². The maximum Gasteiger partial charge on any atom is 0.257 e. The minimum atomic E-state index is -0.163. The Morgan fingerprint density at radius 1 is 1.18 bits per heavy atom. The van der Waals surface area contributed by atoms with Crippen molar-refractivity contribution in [2.24, 2.45) is 0 Å². The lowest BCUT2D eigenvalue weighted by molar-refractivity contribution is -0.129. The molecule has 2 rings (SSSR count). The van der Waals surface area contributed by atoms with E-state index < -0.39 is 0 Å². The first-order valence-electron chi connectivity index (χ1n) is 7.66. The topological polar surface area (TPSA) is 56.8 Å². The third kappa shape index (κ3) is 3.75. The van der Waals surface area contributed by atoms with Crippen LogP contribution in [0.5, 0.6) is 0 Å². The minimum absolute atomic E-state index is 0.0696. The number of rotatable bonds is 4. The molecule has 0 saturated carbocycles. The number of carbonyl (C=O) groups is 2. The Balaban J connectivity index is 2.17. The molecule has 0 atom stereocenters. The van der Waals surface area contributed by atoms with Gasteiger partial charge in [-0.2, -0.15) is 0 Å². The van der Waals surface area contributed by atoms with Gasteiger partial charge in [0, 0.05) is 40.4 Å². The van der Waals surface area contributed by atoms with Crippen molar-refractivity contribution in [3.63, 3.8) is 0 Å². The van der Waals surface area contributed by atoms with Gasteiger partial charge in [-0.1, -0.05) is 0 Å². The smallest absolute Gasteiger partial charge is 0.257 e. The zero-order chi connectivity index (χ0) is 16.1. The van der Waals surface area contributed by atoms with E-state index in [2.05, 4.69) is 9.88 Å². The Morgan fingerprint density at radius 2 is 1.86 bits per heavy atom. The van der Waals surface area contributed by atoms with E-state index in [1.165, 1.54) is 16.2 Å². The lowest BCUT2D eigenvalue weighted by atomic mass is 10.1. The van der Waals surface area contributed by atoms with Crippen LogP contribution < -0.4 is 4.90 Å². The van der Waals surface area contributed by atoms with Gasteiger partial charge in [0.1, 0.15) is 5.82 Å². The molecule has 120 valence electrons. The molecule has 1 saturated heterocycles. The monoisotopic (exact) mass is 304 g/mol. The molecule has 6 heteroatoms. The second-order valence-electron chi connectivity index (χ2n) is 5.87. The second kappa shape index (κ2) is 7.24. The number of piperidine rings is 1. The maximum atomic E-state index is 12.7. The van der Waals surface area contributed by atoms with Crippen molar-refractivity contribution in [3.8, 4) is 0 Å². The molecule has 1 aromatic rings. The molecule has 2 heterocycles. The van der Waals surface area contributed by atoms with Gasteiger partial charge in [-0.3, -0.25) is 9.59 Å². The molecule has 0 aromatic carbocycles. The predicted octanol–water partition coefficient (Wildman–Crippen LogP) is 1.23. The van der Waals surface area contributed by atoms with E-state index in [1.54, 1.807) is 39.5 Å². The van der Waals surface area contributed by atoms with Crippen LogP contribution in [0.4, 0.5) is 5.82 Å². The third-order valence-corrected chi connectivity index (χ3v) is 3.89. The highest BCUT2D eigenvalue weighted by atomic mass is 16.2. The molecule has 1 aromatic heterocycles. The average molecular weight is 304 g/mol. The Morgan fingerprint density at radius 3 is 2.50 bits per heavy atom. The molecule has 6 nitrogen and oxygen atoms in total. The van der Waals surface area contributed by atoms with E-state index in [0.29, 0.717) is 5.56 Å². The number of amides is 2. The van der Waals surface area contributed by atoms with E-state index in [9.17, 15) is 9.59 Å². The van der Waals surface area contributed by atoms with E-state index in [-0.39, 0.29) is 18.4 Å². The van der Waals surface area contributed by atoms with Crippen LogP contribution in [0.25, 0.3) is 0 Å². The molecule has 22 heavy (non-hydrogen) atoms. The summed E-state index contributed by atoms with van der Waals surface area (Å²) < 4.78 is 0. The van der Waals surface area contributed by atoms with Crippen LogP contribution in [-0.2, 0) is 4.79 Å². The van der Waals surface area contributed by atoms with Crippen molar-refractivity contribution in [1.82, 2.24) is 14.8 Å². The summed E-state index contributed by atoms with van der Waals surface area (Å²) in [5, 5.41) is 0. The number of pyridine rings is 1. The highest BCUT2D eigenvalue weighted by Crippen LogP contribution is 2.22. The molecule has 1 fully saturated rings. The summed E-state index contributed by atoms with van der Waals surface area (Å²) in [6, 6.07) is 3.55. The zero-order valence-corrected chi connectivity index (χ0v) is 13.6. The van der Waals surface area contributed by atoms with Gasteiger partial charge in [-0.05, 0) is 31.4 Å². The van der Waals surface area contributed by atoms with Gasteiger partial charge in [0.25, 0.3) is 5.91 Å². The van der Waals surface area contributed by atoms with Gasteiger partial charge in [0.05, 0.1) is 12.1 Å². The van der Waals surface area contributed by atoms with Crippen molar-refractivity contribution in [2.45, 2.75) is 19.3 Å². The van der Waals surface area contributed by atoms with Crippen molar-refractivity contribution < 1.29 is 9.59 Å². The molecular formula is C16H24N4O2. The zero-order valence-electron chi connectivity index (χ0n) is 13.6. The van der Waals surface area contributed by atoms with E-state index in [0.717, 1.165) is 31.7 Å². The molecule has 0 aliphatic carbocycles. The first-order valence-corrected chi connectivity index (χ1v) is 7.66. The van der Waals surface area contributed by atoms with Gasteiger partial charge in [-0.25, -0.2) is 4.98 Å². The summed E-state index contributed by atoms with van der Waals surface area (Å²) in [7, 11) is 5.02. The number of anilines is 1. The summed E-state index contributed by atoms with van der Waals surface area (Å²) >= 11 is 0. The van der Waals surface area contributed by atoms with Crippen LogP contribution in [0.3, 0.4) is 0 Å².